The fourth-order valence-electron chi connectivity index (χ4n) is 2.37. The van der Waals surface area contributed by atoms with Gasteiger partial charge in [-0.1, -0.05) is 18.2 Å². The number of hydrogen-bond donors (Lipinski definition) is 1. The lowest BCUT2D eigenvalue weighted by atomic mass is 10.2. The van der Waals surface area contributed by atoms with E-state index in [0.29, 0.717) is 6.04 Å². The lowest BCUT2D eigenvalue weighted by Gasteiger charge is -2.13. The molecule has 3 rings (SSSR count). The third-order valence-electron chi connectivity index (χ3n) is 3.40. The highest BCUT2D eigenvalue weighted by molar-refractivity contribution is 5.90. The molecule has 0 aliphatic carbocycles. The Morgan fingerprint density at radius 3 is 2.90 bits per heavy atom. The molecule has 3 aromatic rings. The van der Waals surface area contributed by atoms with Crippen LogP contribution in [0, 0.1) is 0 Å². The van der Waals surface area contributed by atoms with Crippen LogP contribution in [0.15, 0.2) is 49.1 Å². The van der Waals surface area contributed by atoms with Crippen molar-refractivity contribution in [3.05, 3.63) is 54.7 Å². The van der Waals surface area contributed by atoms with Gasteiger partial charge in [0.25, 0.3) is 0 Å². The molecule has 102 valence electrons. The normalized spacial score (nSPS) is 11.2. The van der Waals surface area contributed by atoms with Crippen LogP contribution in [0.4, 0.5) is 5.69 Å². The molecule has 0 radical (unpaired) electrons. The lowest BCUT2D eigenvalue weighted by Crippen LogP contribution is -2.09. The van der Waals surface area contributed by atoms with Crippen molar-refractivity contribution < 1.29 is 0 Å². The van der Waals surface area contributed by atoms with Crippen molar-refractivity contribution in [1.82, 2.24) is 14.5 Å². The minimum Gasteiger partial charge on any atom is -0.378 e. The minimum absolute atomic E-state index is 0.417. The van der Waals surface area contributed by atoms with Crippen LogP contribution in [-0.4, -0.2) is 14.5 Å². The third kappa shape index (κ3) is 2.37. The Kier molecular flexibility index (Phi) is 3.37. The number of anilines is 1. The van der Waals surface area contributed by atoms with E-state index in [4.69, 9.17) is 0 Å². The first-order chi connectivity index (χ1) is 9.75. The van der Waals surface area contributed by atoms with Crippen LogP contribution in [0.5, 0.6) is 0 Å². The molecule has 0 atom stereocenters. The molecule has 2 heterocycles. The summed E-state index contributed by atoms with van der Waals surface area (Å²) in [4.78, 5) is 8.68. The Bertz CT molecular complexity index is 710. The van der Waals surface area contributed by atoms with E-state index in [1.165, 1.54) is 5.69 Å². The number of nitrogens with zero attached hydrogens (tertiary/aromatic N) is 3. The second kappa shape index (κ2) is 5.33. The molecule has 0 saturated carbocycles. The molecule has 1 aromatic carbocycles. The van der Waals surface area contributed by atoms with E-state index >= 15 is 0 Å². The zero-order valence-corrected chi connectivity index (χ0v) is 11.7. The molecule has 4 heteroatoms. The molecule has 0 saturated heterocycles. The highest BCUT2D eigenvalue weighted by Gasteiger charge is 2.06. The minimum atomic E-state index is 0.417. The fourth-order valence-corrected chi connectivity index (χ4v) is 2.37. The molecule has 0 amide bonds. The van der Waals surface area contributed by atoms with Gasteiger partial charge in [-0.2, -0.15) is 0 Å². The van der Waals surface area contributed by atoms with E-state index in [1.54, 1.807) is 0 Å². The zero-order valence-electron chi connectivity index (χ0n) is 11.7. The summed E-state index contributed by atoms with van der Waals surface area (Å²) >= 11 is 0. The van der Waals surface area contributed by atoms with Gasteiger partial charge in [0.1, 0.15) is 0 Å². The van der Waals surface area contributed by atoms with Gasteiger partial charge in [-0.25, -0.2) is 4.98 Å². The number of imidazole rings is 1. The number of rotatable bonds is 4. The van der Waals surface area contributed by atoms with Crippen molar-refractivity contribution in [2.45, 2.75) is 26.4 Å². The van der Waals surface area contributed by atoms with Crippen molar-refractivity contribution in [2.75, 3.05) is 5.32 Å². The Labute approximate surface area is 118 Å². The van der Waals surface area contributed by atoms with Gasteiger partial charge in [0, 0.05) is 23.8 Å². The molecular weight excluding hydrogens is 248 g/mol. The van der Waals surface area contributed by atoms with Gasteiger partial charge in [0.05, 0.1) is 29.8 Å². The van der Waals surface area contributed by atoms with E-state index in [9.17, 15) is 0 Å². The second-order valence-electron chi connectivity index (χ2n) is 5.12. The summed E-state index contributed by atoms with van der Waals surface area (Å²) in [6.07, 6.45) is 5.61. The first-order valence-electron chi connectivity index (χ1n) is 6.84. The molecule has 20 heavy (non-hydrogen) atoms. The average molecular weight is 266 g/mol. The van der Waals surface area contributed by atoms with Gasteiger partial charge in [0.2, 0.25) is 0 Å². The molecule has 0 fully saturated rings. The molecule has 4 nitrogen and oxygen atoms in total. The van der Waals surface area contributed by atoms with Gasteiger partial charge in [0.15, 0.2) is 0 Å². The summed E-state index contributed by atoms with van der Waals surface area (Å²) < 4.78 is 2.17. The monoisotopic (exact) mass is 266 g/mol. The molecule has 0 unspecified atom stereocenters. The highest BCUT2D eigenvalue weighted by atomic mass is 15.1. The van der Waals surface area contributed by atoms with E-state index in [0.717, 1.165) is 23.1 Å². The van der Waals surface area contributed by atoms with Crippen molar-refractivity contribution in [2.24, 2.45) is 0 Å². The van der Waals surface area contributed by atoms with Crippen LogP contribution in [0.1, 0.15) is 25.6 Å². The quantitative estimate of drug-likeness (QED) is 0.784. The van der Waals surface area contributed by atoms with Crippen molar-refractivity contribution in [3.8, 4) is 0 Å². The maximum Gasteiger partial charge on any atom is 0.0951 e. The topological polar surface area (TPSA) is 42.7 Å². The smallest absolute Gasteiger partial charge is 0.0951 e. The SMILES string of the molecule is CC(C)n1cncc1CNc1cccc2cccnc12. The van der Waals surface area contributed by atoms with Crippen LogP contribution in [0.2, 0.25) is 0 Å². The maximum absolute atomic E-state index is 4.45. The van der Waals surface area contributed by atoms with E-state index in [1.807, 2.05) is 30.9 Å². The molecule has 0 spiro atoms. The van der Waals surface area contributed by atoms with Gasteiger partial charge >= 0.3 is 0 Å². The van der Waals surface area contributed by atoms with E-state index in [-0.39, 0.29) is 0 Å². The molecule has 0 aliphatic heterocycles. The number of benzene rings is 1. The van der Waals surface area contributed by atoms with Crippen molar-refractivity contribution >= 4 is 16.6 Å². The van der Waals surface area contributed by atoms with Gasteiger partial charge in [-0.15, -0.1) is 0 Å². The molecule has 1 N–H and O–H groups in total. The lowest BCUT2D eigenvalue weighted by molar-refractivity contribution is 0.577. The summed E-state index contributed by atoms with van der Waals surface area (Å²) in [6.45, 7) is 5.06. The number of fused-ring (bicyclic) bond motifs is 1. The Balaban J connectivity index is 1.85. The van der Waals surface area contributed by atoms with Crippen LogP contribution in [0.25, 0.3) is 10.9 Å². The predicted molar refractivity (Wildman–Crippen MR) is 81.7 cm³/mol. The predicted octanol–water partition coefficient (Wildman–Crippen LogP) is 3.62. The van der Waals surface area contributed by atoms with Gasteiger partial charge < -0.3 is 9.88 Å². The number of para-hydroxylation sites is 1. The summed E-state index contributed by atoms with van der Waals surface area (Å²) in [5.74, 6) is 0. The van der Waals surface area contributed by atoms with Crippen molar-refractivity contribution in [3.63, 3.8) is 0 Å². The summed E-state index contributed by atoms with van der Waals surface area (Å²) in [5, 5.41) is 4.61. The molecule has 0 bridgehead atoms. The third-order valence-corrected chi connectivity index (χ3v) is 3.40. The first kappa shape index (κ1) is 12.7. The van der Waals surface area contributed by atoms with Gasteiger partial charge in [-0.05, 0) is 26.0 Å². The van der Waals surface area contributed by atoms with E-state index < -0.39 is 0 Å². The zero-order chi connectivity index (χ0) is 13.9. The Morgan fingerprint density at radius 1 is 1.20 bits per heavy atom. The standard InChI is InChI=1S/C16H18N4/c1-12(2)20-11-17-9-14(20)10-19-15-7-3-5-13-6-4-8-18-16(13)15/h3-9,11-12,19H,10H2,1-2H3. The number of nitrogens with one attached hydrogen (secondary N) is 1. The largest absolute Gasteiger partial charge is 0.378 e. The fraction of sp³-hybridized carbons (Fsp3) is 0.250. The first-order valence-corrected chi connectivity index (χ1v) is 6.84. The van der Waals surface area contributed by atoms with Crippen LogP contribution < -0.4 is 5.32 Å². The Hall–Kier alpha value is -2.36. The molecular formula is C16H18N4. The Morgan fingerprint density at radius 2 is 2.05 bits per heavy atom. The maximum atomic E-state index is 4.45. The number of hydrogen-bond acceptors (Lipinski definition) is 3. The number of pyridine rings is 1. The second-order valence-corrected chi connectivity index (χ2v) is 5.12. The van der Waals surface area contributed by atoms with Crippen molar-refractivity contribution in [1.29, 1.82) is 0 Å². The molecule has 2 aromatic heterocycles. The van der Waals surface area contributed by atoms with E-state index in [2.05, 4.69) is 51.9 Å². The van der Waals surface area contributed by atoms with Gasteiger partial charge in [-0.3, -0.25) is 4.98 Å². The van der Waals surface area contributed by atoms with Crippen LogP contribution in [-0.2, 0) is 6.54 Å². The van der Waals surface area contributed by atoms with Crippen LogP contribution in [0.3, 0.4) is 0 Å². The van der Waals surface area contributed by atoms with Crippen LogP contribution >= 0.6 is 0 Å². The summed E-state index contributed by atoms with van der Waals surface area (Å²) in [5.41, 5.74) is 3.23. The number of aromatic nitrogens is 3. The highest BCUT2D eigenvalue weighted by Crippen LogP contribution is 2.21. The summed E-state index contributed by atoms with van der Waals surface area (Å²) in [6, 6.07) is 10.6. The molecule has 0 aliphatic rings. The summed E-state index contributed by atoms with van der Waals surface area (Å²) in [7, 11) is 0. The average Bonchev–Trinajstić information content (AvgIpc) is 2.93.